The maximum absolute atomic E-state index is 13.3. The molecule has 0 aromatic heterocycles. The van der Waals surface area contributed by atoms with Crippen molar-refractivity contribution in [2.24, 2.45) is 0 Å². The van der Waals surface area contributed by atoms with Gasteiger partial charge < -0.3 is 5.32 Å². The Labute approximate surface area is 216 Å². The third kappa shape index (κ3) is 6.59. The van der Waals surface area contributed by atoms with E-state index in [0.717, 1.165) is 29.5 Å². The zero-order chi connectivity index (χ0) is 25.3. The van der Waals surface area contributed by atoms with Crippen molar-refractivity contribution in [2.45, 2.75) is 44.7 Å². The fourth-order valence-electron chi connectivity index (χ4n) is 4.53. The molecule has 3 aromatic carbocycles. The lowest BCUT2D eigenvalue weighted by Crippen LogP contribution is -2.41. The minimum atomic E-state index is -2.34. The highest BCUT2D eigenvalue weighted by molar-refractivity contribution is 7.80. The summed E-state index contributed by atoms with van der Waals surface area (Å²) in [6, 6.07) is 25.6. The molecule has 0 spiro atoms. The number of aryl methyl sites for hydroxylation is 1. The monoisotopic (exact) mass is 500 g/mol. The predicted octanol–water partition coefficient (Wildman–Crippen LogP) is 6.59. The first-order chi connectivity index (χ1) is 17.5. The molecule has 0 aliphatic heterocycles. The molecule has 6 heteroatoms. The van der Waals surface area contributed by atoms with Gasteiger partial charge in [-0.25, -0.2) is 4.21 Å². The Balaban J connectivity index is 1.72. The second-order valence-electron chi connectivity index (χ2n) is 8.98. The van der Waals surface area contributed by atoms with Crippen molar-refractivity contribution in [3.05, 3.63) is 125 Å². The summed E-state index contributed by atoms with van der Waals surface area (Å²) in [5, 5.41) is 3.22. The number of rotatable bonds is 10. The van der Waals surface area contributed by atoms with Gasteiger partial charge in [-0.2, -0.15) is 0 Å². The number of nitrogens with zero attached hydrogens (tertiary/aromatic N) is 1. The van der Waals surface area contributed by atoms with Crippen LogP contribution in [0.2, 0.25) is 0 Å². The Bertz CT molecular complexity index is 1220. The van der Waals surface area contributed by atoms with Crippen molar-refractivity contribution in [3.63, 3.8) is 0 Å². The molecule has 1 aliphatic carbocycles. The molecule has 0 saturated heterocycles. The molecule has 1 aliphatic rings. The van der Waals surface area contributed by atoms with Crippen LogP contribution in [0.15, 0.2) is 109 Å². The third-order valence-corrected chi connectivity index (χ3v) is 7.18. The van der Waals surface area contributed by atoms with Crippen LogP contribution in [-0.2, 0) is 16.1 Å². The van der Waals surface area contributed by atoms with E-state index in [2.05, 4.69) is 23.5 Å². The Morgan fingerprint density at radius 3 is 2.17 bits per heavy atom. The van der Waals surface area contributed by atoms with Gasteiger partial charge in [-0.15, -0.1) is 0 Å². The summed E-state index contributed by atoms with van der Waals surface area (Å²) in [6.07, 6.45) is 9.30. The molecule has 0 radical (unpaired) electrons. The smallest absolute Gasteiger partial charge is 0.262 e. The number of carbonyl (C=O) groups excluding carboxylic acids is 1. The van der Waals surface area contributed by atoms with Gasteiger partial charge in [-0.05, 0) is 49.4 Å². The summed E-state index contributed by atoms with van der Waals surface area (Å²) in [4.78, 5) is 13.3. The van der Waals surface area contributed by atoms with Crippen LogP contribution in [0.5, 0.6) is 0 Å². The van der Waals surface area contributed by atoms with Crippen molar-refractivity contribution >= 4 is 22.9 Å². The lowest BCUT2D eigenvalue weighted by Gasteiger charge is -2.37. The van der Waals surface area contributed by atoms with E-state index in [4.69, 9.17) is 0 Å². The van der Waals surface area contributed by atoms with Crippen LogP contribution in [0.4, 0.5) is 5.69 Å². The minimum Gasteiger partial charge on any atom is -0.347 e. The molecule has 3 aromatic rings. The largest absolute Gasteiger partial charge is 0.347 e. The Morgan fingerprint density at radius 2 is 1.58 bits per heavy atom. The highest BCUT2D eigenvalue weighted by Gasteiger charge is 2.35. The lowest BCUT2D eigenvalue weighted by atomic mass is 9.92. The van der Waals surface area contributed by atoms with Gasteiger partial charge in [0.25, 0.3) is 11.3 Å². The SMILES string of the molecule is Cc1ccc(N(C(c2ccccc2)C(NC(=O)CCC2=CCC=CC2)c2ccccc2)S(=O)O)cc1. The molecule has 0 bridgehead atoms. The molecule has 3 unspecified atom stereocenters. The van der Waals surface area contributed by atoms with Crippen molar-refractivity contribution in [2.75, 3.05) is 4.31 Å². The van der Waals surface area contributed by atoms with Gasteiger partial charge in [0, 0.05) is 6.42 Å². The van der Waals surface area contributed by atoms with Crippen molar-refractivity contribution in [3.8, 4) is 0 Å². The van der Waals surface area contributed by atoms with E-state index in [1.807, 2.05) is 91.9 Å². The average molecular weight is 501 g/mol. The standard InChI is InChI=1S/C30H32N2O3S/c1-23-17-20-27(21-18-23)32(36(34)35)30(26-15-9-4-10-16-26)29(25-13-7-3-8-14-25)31-28(33)22-19-24-11-5-2-6-12-24/h2-5,7-10,12-18,20-21,29-30H,6,11,19,22H2,1H3,(H,31,33)(H,34,35). The van der Waals surface area contributed by atoms with E-state index >= 15 is 0 Å². The quantitative estimate of drug-likeness (QED) is 0.244. The molecule has 0 fully saturated rings. The Hall–Kier alpha value is -3.48. The molecule has 2 N–H and O–H groups in total. The Morgan fingerprint density at radius 1 is 0.944 bits per heavy atom. The second-order valence-corrected chi connectivity index (χ2v) is 9.83. The second kappa shape index (κ2) is 12.5. The molecule has 5 nitrogen and oxygen atoms in total. The van der Waals surface area contributed by atoms with E-state index in [9.17, 15) is 13.6 Å². The first-order valence-electron chi connectivity index (χ1n) is 12.2. The first-order valence-corrected chi connectivity index (χ1v) is 13.3. The number of hydrogen-bond acceptors (Lipinski definition) is 2. The van der Waals surface area contributed by atoms with Gasteiger partial charge >= 0.3 is 0 Å². The van der Waals surface area contributed by atoms with Gasteiger partial charge in [-0.3, -0.25) is 13.7 Å². The molecule has 186 valence electrons. The fourth-order valence-corrected chi connectivity index (χ4v) is 5.27. The summed E-state index contributed by atoms with van der Waals surface area (Å²) >= 11 is -2.34. The van der Waals surface area contributed by atoms with E-state index in [0.29, 0.717) is 18.5 Å². The molecule has 0 saturated carbocycles. The first kappa shape index (κ1) is 25.6. The maximum atomic E-state index is 13.3. The van der Waals surface area contributed by atoms with Crippen LogP contribution in [0.3, 0.4) is 0 Å². The van der Waals surface area contributed by atoms with Gasteiger partial charge in [0.05, 0.1) is 17.8 Å². The number of benzene rings is 3. The van der Waals surface area contributed by atoms with E-state index in [1.54, 1.807) is 0 Å². The van der Waals surface area contributed by atoms with Crippen LogP contribution in [-0.4, -0.2) is 14.7 Å². The van der Waals surface area contributed by atoms with Crippen LogP contribution < -0.4 is 9.62 Å². The highest BCUT2D eigenvalue weighted by atomic mass is 32.2. The van der Waals surface area contributed by atoms with E-state index < -0.39 is 23.4 Å². The minimum absolute atomic E-state index is 0.0900. The van der Waals surface area contributed by atoms with Crippen LogP contribution in [0.25, 0.3) is 0 Å². The fraction of sp³-hybridized carbons (Fsp3) is 0.233. The Kier molecular flexibility index (Phi) is 8.87. The number of amides is 1. The average Bonchev–Trinajstić information content (AvgIpc) is 2.91. The molecule has 3 atom stereocenters. The maximum Gasteiger partial charge on any atom is 0.262 e. The predicted molar refractivity (Wildman–Crippen MR) is 147 cm³/mol. The van der Waals surface area contributed by atoms with E-state index in [-0.39, 0.29) is 5.91 Å². The van der Waals surface area contributed by atoms with Gasteiger partial charge in [0.1, 0.15) is 0 Å². The lowest BCUT2D eigenvalue weighted by molar-refractivity contribution is -0.122. The van der Waals surface area contributed by atoms with E-state index in [1.165, 1.54) is 9.88 Å². The zero-order valence-corrected chi connectivity index (χ0v) is 21.2. The van der Waals surface area contributed by atoms with Gasteiger partial charge in [-0.1, -0.05) is 102 Å². The normalized spacial score (nSPS) is 15.4. The van der Waals surface area contributed by atoms with Crippen molar-refractivity contribution in [1.82, 2.24) is 5.32 Å². The summed E-state index contributed by atoms with van der Waals surface area (Å²) in [6.45, 7) is 1.98. The summed E-state index contributed by atoms with van der Waals surface area (Å²) < 4.78 is 24.9. The molecular formula is C30H32N2O3S. The molecule has 4 rings (SSSR count). The number of carbonyl (C=O) groups is 1. The van der Waals surface area contributed by atoms with Gasteiger partial charge in [0.15, 0.2) is 0 Å². The zero-order valence-electron chi connectivity index (χ0n) is 20.4. The van der Waals surface area contributed by atoms with Gasteiger partial charge in [0.2, 0.25) is 5.91 Å². The highest BCUT2D eigenvalue weighted by Crippen LogP contribution is 2.38. The number of hydrogen-bond donors (Lipinski definition) is 2. The molecule has 1 amide bonds. The summed E-state index contributed by atoms with van der Waals surface area (Å²) in [5.41, 5.74) is 4.61. The summed E-state index contributed by atoms with van der Waals surface area (Å²) in [5.74, 6) is -0.0900. The van der Waals surface area contributed by atoms with Crippen LogP contribution >= 0.6 is 0 Å². The summed E-state index contributed by atoms with van der Waals surface area (Å²) in [7, 11) is 0. The topological polar surface area (TPSA) is 69.6 Å². The van der Waals surface area contributed by atoms with Crippen LogP contribution in [0.1, 0.15) is 54.5 Å². The number of allylic oxidation sites excluding steroid dienone is 4. The van der Waals surface area contributed by atoms with Crippen LogP contribution in [0, 0.1) is 6.92 Å². The number of nitrogens with one attached hydrogen (secondary N) is 1. The van der Waals surface area contributed by atoms with Crippen molar-refractivity contribution < 1.29 is 13.6 Å². The molecular weight excluding hydrogens is 468 g/mol. The van der Waals surface area contributed by atoms with Crippen molar-refractivity contribution in [1.29, 1.82) is 0 Å². The molecule has 0 heterocycles. The molecule has 36 heavy (non-hydrogen) atoms. The number of anilines is 1. The third-order valence-electron chi connectivity index (χ3n) is 6.40.